The molecule has 3 nitrogen and oxygen atoms in total. The number of benzene rings is 1. The average Bonchev–Trinajstić information content (AvgIpc) is 2.41. The summed E-state index contributed by atoms with van der Waals surface area (Å²) in [4.78, 5) is 11.4. The van der Waals surface area contributed by atoms with Crippen LogP contribution in [0.15, 0.2) is 18.2 Å². The zero-order valence-corrected chi connectivity index (χ0v) is 10.5. The van der Waals surface area contributed by atoms with Gasteiger partial charge in [-0.1, -0.05) is 19.3 Å². The van der Waals surface area contributed by atoms with E-state index >= 15 is 0 Å². The van der Waals surface area contributed by atoms with Gasteiger partial charge in [-0.2, -0.15) is 0 Å². The number of carbonyl (C=O) groups is 1. The molecular formula is C14H18FNO2. The van der Waals surface area contributed by atoms with Crippen LogP contribution in [0.4, 0.5) is 10.1 Å². The smallest absolute Gasteiger partial charge is 0.340 e. The summed E-state index contributed by atoms with van der Waals surface area (Å²) < 4.78 is 18.0. The van der Waals surface area contributed by atoms with Gasteiger partial charge in [0, 0.05) is 11.7 Å². The van der Waals surface area contributed by atoms with Gasteiger partial charge in [-0.05, 0) is 31.0 Å². The van der Waals surface area contributed by atoms with Crippen molar-refractivity contribution in [2.45, 2.75) is 38.1 Å². The maximum absolute atomic E-state index is 13.5. The van der Waals surface area contributed by atoms with E-state index in [0.29, 0.717) is 6.04 Å². The number of rotatable bonds is 3. The van der Waals surface area contributed by atoms with Gasteiger partial charge in [0.15, 0.2) is 0 Å². The summed E-state index contributed by atoms with van der Waals surface area (Å²) in [5.74, 6) is -1.18. The summed E-state index contributed by atoms with van der Waals surface area (Å²) in [5.41, 5.74) is 0.766. The molecular weight excluding hydrogens is 233 g/mol. The highest BCUT2D eigenvalue weighted by Gasteiger charge is 2.16. The third-order valence-electron chi connectivity index (χ3n) is 3.35. The second-order valence-corrected chi connectivity index (χ2v) is 4.67. The third-order valence-corrected chi connectivity index (χ3v) is 3.35. The largest absolute Gasteiger partial charge is 0.465 e. The van der Waals surface area contributed by atoms with Crippen LogP contribution in [0.5, 0.6) is 0 Å². The number of ether oxygens (including phenoxy) is 1. The van der Waals surface area contributed by atoms with E-state index in [1.165, 1.54) is 38.5 Å². The summed E-state index contributed by atoms with van der Waals surface area (Å²) in [7, 11) is 1.25. The first-order valence-electron chi connectivity index (χ1n) is 6.35. The molecule has 0 spiro atoms. The molecule has 1 saturated carbocycles. The van der Waals surface area contributed by atoms with E-state index in [1.807, 2.05) is 0 Å². The normalized spacial score (nSPS) is 16.3. The number of anilines is 1. The van der Waals surface area contributed by atoms with Crippen LogP contribution < -0.4 is 5.32 Å². The van der Waals surface area contributed by atoms with Crippen molar-refractivity contribution in [1.29, 1.82) is 0 Å². The molecule has 0 atom stereocenters. The van der Waals surface area contributed by atoms with Crippen molar-refractivity contribution < 1.29 is 13.9 Å². The zero-order chi connectivity index (χ0) is 13.0. The lowest BCUT2D eigenvalue weighted by molar-refractivity contribution is 0.0595. The fourth-order valence-corrected chi connectivity index (χ4v) is 2.36. The molecule has 1 aliphatic rings. The molecule has 0 unspecified atom stereocenters. The zero-order valence-electron chi connectivity index (χ0n) is 10.5. The number of hydrogen-bond acceptors (Lipinski definition) is 3. The van der Waals surface area contributed by atoms with Crippen molar-refractivity contribution in [2.75, 3.05) is 12.4 Å². The Bertz CT molecular complexity index is 428. The predicted octanol–water partition coefficient (Wildman–Crippen LogP) is 3.36. The Hall–Kier alpha value is -1.58. The van der Waals surface area contributed by atoms with Crippen molar-refractivity contribution in [1.82, 2.24) is 0 Å². The Morgan fingerprint density at radius 3 is 2.72 bits per heavy atom. The number of carbonyl (C=O) groups excluding carboxylic acids is 1. The summed E-state index contributed by atoms with van der Waals surface area (Å²) >= 11 is 0. The van der Waals surface area contributed by atoms with Crippen molar-refractivity contribution in [2.24, 2.45) is 0 Å². The van der Waals surface area contributed by atoms with Gasteiger partial charge in [-0.3, -0.25) is 0 Å². The van der Waals surface area contributed by atoms with Gasteiger partial charge in [0.1, 0.15) is 5.82 Å². The second-order valence-electron chi connectivity index (χ2n) is 4.67. The monoisotopic (exact) mass is 251 g/mol. The highest BCUT2D eigenvalue weighted by atomic mass is 19.1. The van der Waals surface area contributed by atoms with E-state index in [1.54, 1.807) is 6.07 Å². The first-order chi connectivity index (χ1) is 8.70. The summed E-state index contributed by atoms with van der Waals surface area (Å²) in [6, 6.07) is 4.92. The van der Waals surface area contributed by atoms with E-state index in [0.717, 1.165) is 18.5 Å². The molecule has 0 aliphatic heterocycles. The Morgan fingerprint density at radius 2 is 2.06 bits per heavy atom. The van der Waals surface area contributed by atoms with Gasteiger partial charge < -0.3 is 10.1 Å². The molecule has 1 fully saturated rings. The maximum Gasteiger partial charge on any atom is 0.340 e. The van der Waals surface area contributed by atoms with Gasteiger partial charge >= 0.3 is 5.97 Å². The van der Waals surface area contributed by atoms with E-state index in [9.17, 15) is 9.18 Å². The van der Waals surface area contributed by atoms with Crippen LogP contribution in [-0.2, 0) is 4.74 Å². The topological polar surface area (TPSA) is 38.3 Å². The maximum atomic E-state index is 13.5. The molecule has 18 heavy (non-hydrogen) atoms. The number of halogens is 1. The minimum atomic E-state index is -0.639. The minimum Gasteiger partial charge on any atom is -0.465 e. The number of hydrogen-bond donors (Lipinski definition) is 1. The molecule has 1 aromatic rings. The summed E-state index contributed by atoms with van der Waals surface area (Å²) in [5, 5.41) is 3.35. The van der Waals surface area contributed by atoms with Crippen LogP contribution in [0, 0.1) is 5.82 Å². The van der Waals surface area contributed by atoms with Crippen molar-refractivity contribution in [3.8, 4) is 0 Å². The molecule has 0 bridgehead atoms. The van der Waals surface area contributed by atoms with Gasteiger partial charge in [-0.25, -0.2) is 9.18 Å². The average molecular weight is 251 g/mol. The second kappa shape index (κ2) is 5.85. The number of methoxy groups -OCH3 is 1. The van der Waals surface area contributed by atoms with Crippen LogP contribution in [0.1, 0.15) is 42.5 Å². The van der Waals surface area contributed by atoms with Crippen LogP contribution in [0.25, 0.3) is 0 Å². The SMILES string of the molecule is COC(=O)c1cc(NC2CCCCC2)ccc1F. The molecule has 0 saturated heterocycles. The lowest BCUT2D eigenvalue weighted by atomic mass is 9.95. The van der Waals surface area contributed by atoms with Crippen molar-refractivity contribution in [3.63, 3.8) is 0 Å². The molecule has 2 rings (SSSR count). The first-order valence-corrected chi connectivity index (χ1v) is 6.35. The Morgan fingerprint density at radius 1 is 1.33 bits per heavy atom. The number of esters is 1. The van der Waals surface area contributed by atoms with E-state index in [4.69, 9.17) is 0 Å². The van der Waals surface area contributed by atoms with Crippen LogP contribution >= 0.6 is 0 Å². The summed E-state index contributed by atoms with van der Waals surface area (Å²) in [6.07, 6.45) is 6.00. The van der Waals surface area contributed by atoms with Crippen LogP contribution in [0.2, 0.25) is 0 Å². The molecule has 1 N–H and O–H groups in total. The Balaban J connectivity index is 2.11. The number of nitrogens with one attached hydrogen (secondary N) is 1. The molecule has 0 heterocycles. The standard InChI is InChI=1S/C14H18FNO2/c1-18-14(17)12-9-11(7-8-13(12)15)16-10-5-3-2-4-6-10/h7-10,16H,2-6H2,1H3. The first kappa shape index (κ1) is 12.9. The molecule has 0 amide bonds. The van der Waals surface area contributed by atoms with Crippen molar-refractivity contribution in [3.05, 3.63) is 29.6 Å². The van der Waals surface area contributed by atoms with E-state index in [2.05, 4.69) is 10.1 Å². The van der Waals surface area contributed by atoms with Gasteiger partial charge in [-0.15, -0.1) is 0 Å². The van der Waals surface area contributed by atoms with Crippen LogP contribution in [-0.4, -0.2) is 19.1 Å². The molecule has 98 valence electrons. The molecule has 0 aromatic heterocycles. The fourth-order valence-electron chi connectivity index (χ4n) is 2.36. The van der Waals surface area contributed by atoms with Gasteiger partial charge in [0.2, 0.25) is 0 Å². The highest BCUT2D eigenvalue weighted by molar-refractivity contribution is 5.90. The summed E-state index contributed by atoms with van der Waals surface area (Å²) in [6.45, 7) is 0. The van der Waals surface area contributed by atoms with E-state index < -0.39 is 11.8 Å². The lowest BCUT2D eigenvalue weighted by Gasteiger charge is -2.24. The fraction of sp³-hybridized carbons (Fsp3) is 0.500. The predicted molar refractivity (Wildman–Crippen MR) is 68.2 cm³/mol. The molecule has 1 aromatic carbocycles. The Labute approximate surface area is 106 Å². The molecule has 1 aliphatic carbocycles. The van der Waals surface area contributed by atoms with Crippen LogP contribution in [0.3, 0.4) is 0 Å². The third kappa shape index (κ3) is 3.00. The van der Waals surface area contributed by atoms with Gasteiger partial charge in [0.25, 0.3) is 0 Å². The quantitative estimate of drug-likeness (QED) is 0.837. The Kier molecular flexibility index (Phi) is 4.18. The van der Waals surface area contributed by atoms with Crippen molar-refractivity contribution >= 4 is 11.7 Å². The lowest BCUT2D eigenvalue weighted by Crippen LogP contribution is -2.22. The van der Waals surface area contributed by atoms with E-state index in [-0.39, 0.29) is 5.56 Å². The minimum absolute atomic E-state index is 0.0155. The molecule has 4 heteroatoms. The molecule has 0 radical (unpaired) electrons. The highest BCUT2D eigenvalue weighted by Crippen LogP contribution is 2.23. The van der Waals surface area contributed by atoms with Gasteiger partial charge in [0.05, 0.1) is 12.7 Å².